The lowest BCUT2D eigenvalue weighted by molar-refractivity contribution is -0.384. The maximum absolute atomic E-state index is 13.0. The van der Waals surface area contributed by atoms with Crippen molar-refractivity contribution in [3.8, 4) is 5.75 Å². The van der Waals surface area contributed by atoms with Gasteiger partial charge in [-0.25, -0.2) is 4.98 Å². The molecule has 0 aliphatic heterocycles. The lowest BCUT2D eigenvalue weighted by Gasteiger charge is -2.23. The summed E-state index contributed by atoms with van der Waals surface area (Å²) >= 11 is 0. The fraction of sp³-hybridized carbons (Fsp3) is 0.308. The van der Waals surface area contributed by atoms with Crippen molar-refractivity contribution in [1.82, 2.24) is 9.88 Å². The largest absolute Gasteiger partial charge is 0.494 e. The summed E-state index contributed by atoms with van der Waals surface area (Å²) < 4.78 is 5.53. The lowest BCUT2D eigenvalue weighted by Crippen LogP contribution is -2.28. The minimum absolute atomic E-state index is 0.0623. The number of carbonyl (C=O) groups excluding carboxylic acids is 1. The van der Waals surface area contributed by atoms with Crippen LogP contribution in [-0.4, -0.2) is 76.0 Å². The van der Waals surface area contributed by atoms with Gasteiger partial charge in [0, 0.05) is 69.4 Å². The smallest absolute Gasteiger partial charge is 0.294 e. The highest BCUT2D eigenvalue weighted by Gasteiger charge is 2.22. The molecule has 1 heterocycles. The van der Waals surface area contributed by atoms with E-state index in [9.17, 15) is 14.9 Å². The minimum Gasteiger partial charge on any atom is -0.494 e. The molecule has 0 radical (unpaired) electrons. The van der Waals surface area contributed by atoms with Gasteiger partial charge in [-0.05, 0) is 50.5 Å². The average Bonchev–Trinajstić information content (AvgIpc) is 2.86. The maximum atomic E-state index is 13.0. The summed E-state index contributed by atoms with van der Waals surface area (Å²) in [5.74, 6) is 0.638. The van der Waals surface area contributed by atoms with Gasteiger partial charge in [0.05, 0.1) is 17.7 Å². The van der Waals surface area contributed by atoms with Crippen molar-refractivity contribution >= 4 is 34.4 Å². The van der Waals surface area contributed by atoms with Crippen LogP contribution >= 0.6 is 0 Å². The number of nitro benzene ring substituents is 1. The van der Waals surface area contributed by atoms with Gasteiger partial charge in [-0.2, -0.15) is 0 Å². The van der Waals surface area contributed by atoms with Crippen LogP contribution in [0.1, 0.15) is 15.9 Å². The number of hydrogen-bond acceptors (Lipinski definition) is 9. The van der Waals surface area contributed by atoms with Crippen molar-refractivity contribution in [2.75, 3.05) is 70.6 Å². The first-order valence-corrected chi connectivity index (χ1v) is 11.4. The molecule has 0 atom stereocenters. The number of anilines is 4. The summed E-state index contributed by atoms with van der Waals surface area (Å²) in [7, 11) is 11.1. The van der Waals surface area contributed by atoms with E-state index in [1.165, 1.54) is 19.4 Å². The zero-order valence-electron chi connectivity index (χ0n) is 21.5. The predicted octanol–water partition coefficient (Wildman–Crippen LogP) is 4.04. The third-order valence-electron chi connectivity index (χ3n) is 5.72. The SMILES string of the molecule is COc1cc(N(C)CCN(C)C)c([N+](=O)[O-])cc1Nc1cc(C(=O)c2ccc(N(C)C)cc2)ccn1. The van der Waals surface area contributed by atoms with Crippen LogP contribution in [0.5, 0.6) is 5.75 Å². The van der Waals surface area contributed by atoms with E-state index in [1.807, 2.05) is 55.0 Å². The van der Waals surface area contributed by atoms with Gasteiger partial charge in [-0.1, -0.05) is 0 Å². The molecular weight excluding hydrogens is 460 g/mol. The Balaban J connectivity index is 1.90. The predicted molar refractivity (Wildman–Crippen MR) is 143 cm³/mol. The van der Waals surface area contributed by atoms with Crippen molar-refractivity contribution in [1.29, 1.82) is 0 Å². The molecule has 0 aliphatic rings. The highest BCUT2D eigenvalue weighted by Crippen LogP contribution is 2.39. The number of nitrogens with one attached hydrogen (secondary N) is 1. The summed E-state index contributed by atoms with van der Waals surface area (Å²) in [6.07, 6.45) is 1.52. The van der Waals surface area contributed by atoms with Gasteiger partial charge in [0.25, 0.3) is 5.69 Å². The highest BCUT2D eigenvalue weighted by molar-refractivity contribution is 6.09. The zero-order valence-corrected chi connectivity index (χ0v) is 21.5. The highest BCUT2D eigenvalue weighted by atomic mass is 16.6. The van der Waals surface area contributed by atoms with Crippen molar-refractivity contribution in [3.63, 3.8) is 0 Å². The van der Waals surface area contributed by atoms with E-state index in [1.54, 1.807) is 37.4 Å². The number of pyridine rings is 1. The van der Waals surface area contributed by atoms with E-state index < -0.39 is 4.92 Å². The van der Waals surface area contributed by atoms with Crippen molar-refractivity contribution < 1.29 is 14.5 Å². The molecule has 0 fully saturated rings. The van der Waals surface area contributed by atoms with Crippen LogP contribution in [0.2, 0.25) is 0 Å². The Morgan fingerprint density at radius 1 is 1.00 bits per heavy atom. The van der Waals surface area contributed by atoms with Crippen molar-refractivity contribution in [2.24, 2.45) is 0 Å². The fourth-order valence-corrected chi connectivity index (χ4v) is 3.60. The summed E-state index contributed by atoms with van der Waals surface area (Å²) in [6.45, 7) is 1.34. The molecule has 3 aromatic rings. The molecule has 0 aliphatic carbocycles. The number of ketones is 1. The molecule has 36 heavy (non-hydrogen) atoms. The third-order valence-corrected chi connectivity index (χ3v) is 5.72. The van der Waals surface area contributed by atoms with E-state index in [2.05, 4.69) is 10.3 Å². The number of carbonyl (C=O) groups is 1. The van der Waals surface area contributed by atoms with Gasteiger partial charge >= 0.3 is 0 Å². The van der Waals surface area contributed by atoms with Crippen LogP contribution in [0.4, 0.5) is 28.6 Å². The zero-order chi connectivity index (χ0) is 26.4. The van der Waals surface area contributed by atoms with Crippen molar-refractivity contribution in [3.05, 3.63) is 76.0 Å². The number of ether oxygens (including phenoxy) is 1. The number of nitro groups is 1. The molecule has 0 bridgehead atoms. The van der Waals surface area contributed by atoms with Crippen molar-refractivity contribution in [2.45, 2.75) is 0 Å². The Bertz CT molecular complexity index is 1230. The Kier molecular flexibility index (Phi) is 8.44. The number of hydrogen-bond donors (Lipinski definition) is 1. The molecule has 1 aromatic heterocycles. The maximum Gasteiger partial charge on any atom is 0.294 e. The van der Waals surface area contributed by atoms with Crippen LogP contribution in [-0.2, 0) is 0 Å². The Hall–Kier alpha value is -4.18. The standard InChI is InChI=1S/C26H32N6O4/c1-29(2)13-14-31(5)22-17-24(36-6)21(16-23(22)32(34)35)28-25-15-19(11-12-27-25)26(33)18-7-9-20(10-8-18)30(3)4/h7-12,15-17H,13-14H2,1-6H3,(H,27,28). The normalized spacial score (nSPS) is 10.8. The number of likely N-dealkylation sites (N-methyl/N-ethyl adjacent to an activating group) is 2. The summed E-state index contributed by atoms with van der Waals surface area (Å²) in [5.41, 5.74) is 2.75. The van der Waals surface area contributed by atoms with E-state index in [-0.39, 0.29) is 11.5 Å². The monoisotopic (exact) mass is 492 g/mol. The fourth-order valence-electron chi connectivity index (χ4n) is 3.60. The second-order valence-electron chi connectivity index (χ2n) is 8.85. The molecule has 10 nitrogen and oxygen atoms in total. The first-order chi connectivity index (χ1) is 17.1. The Morgan fingerprint density at radius 2 is 1.69 bits per heavy atom. The molecule has 0 saturated heterocycles. The van der Waals surface area contributed by atoms with E-state index in [0.29, 0.717) is 40.6 Å². The van der Waals surface area contributed by atoms with Crippen LogP contribution in [0.15, 0.2) is 54.7 Å². The number of methoxy groups -OCH3 is 1. The molecule has 0 spiro atoms. The molecule has 2 aromatic carbocycles. The van der Waals surface area contributed by atoms with Gasteiger partial charge in [0.2, 0.25) is 0 Å². The summed E-state index contributed by atoms with van der Waals surface area (Å²) in [6, 6.07) is 13.6. The first kappa shape index (κ1) is 26.4. The van der Waals surface area contributed by atoms with Gasteiger partial charge in [0.15, 0.2) is 5.78 Å². The second-order valence-corrected chi connectivity index (χ2v) is 8.85. The molecule has 1 N–H and O–H groups in total. The van der Waals surface area contributed by atoms with Gasteiger partial charge < -0.3 is 24.8 Å². The molecular formula is C26H32N6O4. The minimum atomic E-state index is -0.420. The Labute approximate surface area is 211 Å². The third kappa shape index (κ3) is 6.28. The van der Waals surface area contributed by atoms with Crippen LogP contribution in [0.25, 0.3) is 0 Å². The second kappa shape index (κ2) is 11.5. The number of nitrogens with zero attached hydrogens (tertiary/aromatic N) is 5. The van der Waals surface area contributed by atoms with E-state index in [4.69, 9.17) is 4.74 Å². The average molecular weight is 493 g/mol. The number of aromatic nitrogens is 1. The van der Waals surface area contributed by atoms with Crippen LogP contribution < -0.4 is 19.9 Å². The van der Waals surface area contributed by atoms with Gasteiger partial charge in [-0.3, -0.25) is 14.9 Å². The van der Waals surface area contributed by atoms with Crippen LogP contribution in [0.3, 0.4) is 0 Å². The summed E-state index contributed by atoms with van der Waals surface area (Å²) in [5, 5.41) is 15.0. The molecule has 3 rings (SSSR count). The van der Waals surface area contributed by atoms with E-state index in [0.717, 1.165) is 12.2 Å². The number of benzene rings is 2. The first-order valence-electron chi connectivity index (χ1n) is 11.4. The molecule has 0 saturated carbocycles. The molecule has 190 valence electrons. The van der Waals surface area contributed by atoms with Gasteiger partial charge in [0.1, 0.15) is 17.3 Å². The summed E-state index contributed by atoms with van der Waals surface area (Å²) in [4.78, 5) is 34.6. The van der Waals surface area contributed by atoms with Crippen LogP contribution in [0, 0.1) is 10.1 Å². The van der Waals surface area contributed by atoms with E-state index >= 15 is 0 Å². The topological polar surface area (TPSA) is 104 Å². The lowest BCUT2D eigenvalue weighted by atomic mass is 10.0. The quantitative estimate of drug-likeness (QED) is 0.241. The molecule has 10 heteroatoms. The molecule has 0 amide bonds. The molecule has 0 unspecified atom stereocenters. The number of rotatable bonds is 11. The van der Waals surface area contributed by atoms with Gasteiger partial charge in [-0.15, -0.1) is 0 Å². The Morgan fingerprint density at radius 3 is 2.28 bits per heavy atom.